The second-order valence-corrected chi connectivity index (χ2v) is 3.50. The summed E-state index contributed by atoms with van der Waals surface area (Å²) in [6, 6.07) is 4.71. The SMILES string of the molecule is CCC(C)Oc1ccc(C(=O)O)c(OC)c1. The highest BCUT2D eigenvalue weighted by molar-refractivity contribution is 5.91. The number of carboxylic acid groups (broad SMARTS) is 1. The van der Waals surface area contributed by atoms with E-state index >= 15 is 0 Å². The molecule has 0 bridgehead atoms. The highest BCUT2D eigenvalue weighted by atomic mass is 16.5. The number of methoxy groups -OCH3 is 1. The molecule has 1 aromatic rings. The van der Waals surface area contributed by atoms with Crippen LogP contribution in [0.3, 0.4) is 0 Å². The Kier molecular flexibility index (Phi) is 4.17. The summed E-state index contributed by atoms with van der Waals surface area (Å²) in [5.74, 6) is -0.0727. The molecule has 0 radical (unpaired) electrons. The Bertz CT molecular complexity index is 373. The van der Waals surface area contributed by atoms with Crippen LogP contribution < -0.4 is 9.47 Å². The van der Waals surface area contributed by atoms with Crippen molar-refractivity contribution in [2.45, 2.75) is 26.4 Å². The van der Waals surface area contributed by atoms with Crippen LogP contribution >= 0.6 is 0 Å². The van der Waals surface area contributed by atoms with Crippen LogP contribution in [-0.4, -0.2) is 24.3 Å². The molecule has 0 saturated carbocycles. The number of aromatic carboxylic acids is 1. The Morgan fingerprint density at radius 2 is 2.19 bits per heavy atom. The van der Waals surface area contributed by atoms with Gasteiger partial charge in [0.05, 0.1) is 13.2 Å². The van der Waals surface area contributed by atoms with Crippen LogP contribution in [0.5, 0.6) is 11.5 Å². The zero-order chi connectivity index (χ0) is 12.1. The van der Waals surface area contributed by atoms with Crippen LogP contribution in [0.15, 0.2) is 18.2 Å². The standard InChI is InChI=1S/C12H16O4/c1-4-8(2)16-9-5-6-10(12(13)14)11(7-9)15-3/h5-8H,4H2,1-3H3,(H,13,14). The average Bonchev–Trinajstić information content (AvgIpc) is 2.28. The van der Waals surface area contributed by atoms with Crippen LogP contribution in [0.1, 0.15) is 30.6 Å². The van der Waals surface area contributed by atoms with Gasteiger partial charge in [0, 0.05) is 6.07 Å². The molecule has 0 heterocycles. The van der Waals surface area contributed by atoms with Gasteiger partial charge in [-0.15, -0.1) is 0 Å². The van der Waals surface area contributed by atoms with Crippen molar-refractivity contribution >= 4 is 5.97 Å². The zero-order valence-corrected chi connectivity index (χ0v) is 9.69. The van der Waals surface area contributed by atoms with Crippen LogP contribution in [0, 0.1) is 0 Å². The number of benzene rings is 1. The molecule has 0 fully saturated rings. The molecule has 4 heteroatoms. The van der Waals surface area contributed by atoms with E-state index in [1.807, 2.05) is 13.8 Å². The van der Waals surface area contributed by atoms with Crippen LogP contribution in [0.25, 0.3) is 0 Å². The molecule has 1 rings (SSSR count). The van der Waals surface area contributed by atoms with E-state index in [4.69, 9.17) is 14.6 Å². The number of hydrogen-bond acceptors (Lipinski definition) is 3. The van der Waals surface area contributed by atoms with Gasteiger partial charge in [-0.1, -0.05) is 6.92 Å². The van der Waals surface area contributed by atoms with Crippen molar-refractivity contribution in [3.05, 3.63) is 23.8 Å². The first kappa shape index (κ1) is 12.4. The molecule has 0 saturated heterocycles. The summed E-state index contributed by atoms with van der Waals surface area (Å²) in [5.41, 5.74) is 0.138. The van der Waals surface area contributed by atoms with Gasteiger partial charge in [-0.05, 0) is 25.5 Å². The molecule has 0 aliphatic carbocycles. The maximum atomic E-state index is 10.8. The Morgan fingerprint density at radius 3 is 2.69 bits per heavy atom. The van der Waals surface area contributed by atoms with Gasteiger partial charge in [0.1, 0.15) is 17.1 Å². The van der Waals surface area contributed by atoms with Gasteiger partial charge in [-0.3, -0.25) is 0 Å². The Morgan fingerprint density at radius 1 is 1.50 bits per heavy atom. The van der Waals surface area contributed by atoms with Crippen molar-refractivity contribution in [3.8, 4) is 11.5 Å². The van der Waals surface area contributed by atoms with E-state index in [0.29, 0.717) is 11.5 Å². The minimum atomic E-state index is -1.01. The van der Waals surface area contributed by atoms with Gasteiger partial charge in [-0.25, -0.2) is 4.79 Å². The van der Waals surface area contributed by atoms with E-state index in [2.05, 4.69) is 0 Å². The van der Waals surface area contributed by atoms with Crippen molar-refractivity contribution < 1.29 is 19.4 Å². The Hall–Kier alpha value is -1.71. The molecule has 16 heavy (non-hydrogen) atoms. The first-order valence-corrected chi connectivity index (χ1v) is 5.16. The third kappa shape index (κ3) is 2.89. The number of carboxylic acids is 1. The van der Waals surface area contributed by atoms with Gasteiger partial charge in [0.2, 0.25) is 0 Å². The van der Waals surface area contributed by atoms with E-state index in [0.717, 1.165) is 6.42 Å². The summed E-state index contributed by atoms with van der Waals surface area (Å²) in [5, 5.41) is 8.89. The predicted molar refractivity (Wildman–Crippen MR) is 60.3 cm³/mol. The second kappa shape index (κ2) is 5.39. The lowest BCUT2D eigenvalue weighted by Gasteiger charge is -2.14. The van der Waals surface area contributed by atoms with Crippen LogP contribution in [0.4, 0.5) is 0 Å². The molecule has 1 atom stereocenters. The lowest BCUT2D eigenvalue weighted by molar-refractivity contribution is 0.0693. The predicted octanol–water partition coefficient (Wildman–Crippen LogP) is 2.57. The Labute approximate surface area is 94.8 Å². The van der Waals surface area contributed by atoms with E-state index in [-0.39, 0.29) is 11.7 Å². The van der Waals surface area contributed by atoms with Gasteiger partial charge >= 0.3 is 5.97 Å². The molecular formula is C12H16O4. The maximum absolute atomic E-state index is 10.8. The molecule has 0 aliphatic heterocycles. The molecule has 1 N–H and O–H groups in total. The normalized spacial score (nSPS) is 11.9. The first-order chi connectivity index (χ1) is 7.58. The van der Waals surface area contributed by atoms with Crippen LogP contribution in [-0.2, 0) is 0 Å². The van der Waals surface area contributed by atoms with Crippen molar-refractivity contribution in [2.75, 3.05) is 7.11 Å². The molecule has 0 spiro atoms. The molecule has 0 amide bonds. The lowest BCUT2D eigenvalue weighted by atomic mass is 10.2. The molecule has 0 aliphatic rings. The fourth-order valence-electron chi connectivity index (χ4n) is 1.24. The van der Waals surface area contributed by atoms with Gasteiger partial charge in [-0.2, -0.15) is 0 Å². The highest BCUT2D eigenvalue weighted by Gasteiger charge is 2.12. The van der Waals surface area contributed by atoms with Crippen LogP contribution in [0.2, 0.25) is 0 Å². The molecular weight excluding hydrogens is 208 g/mol. The molecule has 4 nitrogen and oxygen atoms in total. The van der Waals surface area contributed by atoms with Crippen molar-refractivity contribution in [1.29, 1.82) is 0 Å². The fraction of sp³-hybridized carbons (Fsp3) is 0.417. The summed E-state index contributed by atoms with van der Waals surface area (Å²) < 4.78 is 10.6. The van der Waals surface area contributed by atoms with E-state index in [1.54, 1.807) is 12.1 Å². The van der Waals surface area contributed by atoms with Crippen molar-refractivity contribution in [2.24, 2.45) is 0 Å². The van der Waals surface area contributed by atoms with Gasteiger partial charge < -0.3 is 14.6 Å². The third-order valence-corrected chi connectivity index (χ3v) is 2.32. The molecule has 88 valence electrons. The van der Waals surface area contributed by atoms with Gasteiger partial charge in [0.15, 0.2) is 0 Å². The number of ether oxygens (including phenoxy) is 2. The minimum absolute atomic E-state index is 0.0976. The number of carbonyl (C=O) groups is 1. The lowest BCUT2D eigenvalue weighted by Crippen LogP contribution is -2.10. The third-order valence-electron chi connectivity index (χ3n) is 2.32. The number of rotatable bonds is 5. The van der Waals surface area contributed by atoms with E-state index in [9.17, 15) is 4.79 Å². The monoisotopic (exact) mass is 224 g/mol. The summed E-state index contributed by atoms with van der Waals surface area (Å²) in [6.45, 7) is 3.98. The average molecular weight is 224 g/mol. The number of hydrogen-bond donors (Lipinski definition) is 1. The maximum Gasteiger partial charge on any atom is 0.339 e. The highest BCUT2D eigenvalue weighted by Crippen LogP contribution is 2.25. The summed E-state index contributed by atoms with van der Waals surface area (Å²) in [4.78, 5) is 10.8. The van der Waals surface area contributed by atoms with E-state index < -0.39 is 5.97 Å². The van der Waals surface area contributed by atoms with Gasteiger partial charge in [0.25, 0.3) is 0 Å². The topological polar surface area (TPSA) is 55.8 Å². The fourth-order valence-corrected chi connectivity index (χ4v) is 1.24. The summed E-state index contributed by atoms with van der Waals surface area (Å²) in [6.07, 6.45) is 0.989. The summed E-state index contributed by atoms with van der Waals surface area (Å²) >= 11 is 0. The Balaban J connectivity index is 2.95. The smallest absolute Gasteiger partial charge is 0.339 e. The minimum Gasteiger partial charge on any atom is -0.496 e. The first-order valence-electron chi connectivity index (χ1n) is 5.16. The zero-order valence-electron chi connectivity index (χ0n) is 9.69. The van der Waals surface area contributed by atoms with E-state index in [1.165, 1.54) is 13.2 Å². The molecule has 1 unspecified atom stereocenters. The quantitative estimate of drug-likeness (QED) is 0.835. The second-order valence-electron chi connectivity index (χ2n) is 3.50. The summed E-state index contributed by atoms with van der Waals surface area (Å²) in [7, 11) is 1.44. The van der Waals surface area contributed by atoms with Crippen molar-refractivity contribution in [1.82, 2.24) is 0 Å². The molecule has 0 aromatic heterocycles. The largest absolute Gasteiger partial charge is 0.496 e. The van der Waals surface area contributed by atoms with Crippen molar-refractivity contribution in [3.63, 3.8) is 0 Å². The molecule has 1 aromatic carbocycles.